The van der Waals surface area contributed by atoms with E-state index in [1.165, 1.54) is 0 Å². The second kappa shape index (κ2) is 14.2. The SMILES string of the molecule is COc1cc2ccc1CNC(=O)c1cccc(c1)C(=O)NCC1CC[C@@H](CNC(=O)c3cccc(c3)C(=O)NC2)[C@@H](OC)C1. The number of benzene rings is 3. The van der Waals surface area contributed by atoms with Gasteiger partial charge in [0.2, 0.25) is 0 Å². The first-order chi connectivity index (χ1) is 21.3. The molecule has 44 heavy (non-hydrogen) atoms. The minimum absolute atomic E-state index is 0.0685. The molecule has 1 unspecified atom stereocenters. The zero-order chi connectivity index (χ0) is 31.1. The summed E-state index contributed by atoms with van der Waals surface area (Å²) in [5.74, 6) is -0.193. The standard InChI is InChI=1S/C34H38N4O6/c1-43-29-13-21-9-11-27(29)19-37-33(41)25-7-3-6-24(15-25)32(40)36-18-22-10-12-28(30(14-22)44-2)20-38-34(42)26-8-4-5-23(16-26)31(39)35-17-21/h3-9,11,13,15-16,22,28,30H,10,12,14,17-20H2,1-2H3,(H,35,39)(H,36,40)(H,37,41)(H,38,42)/t22?,28-,30-/m0/s1. The lowest BCUT2D eigenvalue weighted by Crippen LogP contribution is -2.42. The molecule has 3 atom stereocenters. The molecule has 5 aliphatic rings. The summed E-state index contributed by atoms with van der Waals surface area (Å²) in [5.41, 5.74) is 3.14. The van der Waals surface area contributed by atoms with Crippen LogP contribution in [0.3, 0.4) is 0 Å². The molecule has 1 aliphatic carbocycles. The number of ether oxygens (including phenoxy) is 2. The van der Waals surface area contributed by atoms with Crippen LogP contribution in [0.25, 0.3) is 0 Å². The Morgan fingerprint density at radius 1 is 0.636 bits per heavy atom. The van der Waals surface area contributed by atoms with Crippen LogP contribution in [-0.2, 0) is 17.8 Å². The van der Waals surface area contributed by atoms with Crippen molar-refractivity contribution in [3.8, 4) is 5.75 Å². The molecule has 0 spiro atoms. The van der Waals surface area contributed by atoms with Crippen LogP contribution in [0, 0.1) is 11.8 Å². The Morgan fingerprint density at radius 3 is 1.80 bits per heavy atom. The van der Waals surface area contributed by atoms with Crippen molar-refractivity contribution in [2.24, 2.45) is 11.8 Å². The Bertz CT molecular complexity index is 1540. The molecule has 4 amide bonds. The van der Waals surface area contributed by atoms with E-state index in [4.69, 9.17) is 9.47 Å². The van der Waals surface area contributed by atoms with Gasteiger partial charge in [-0.2, -0.15) is 0 Å². The summed E-state index contributed by atoms with van der Waals surface area (Å²) in [7, 11) is 3.21. The molecule has 10 heteroatoms. The smallest absolute Gasteiger partial charge is 0.251 e. The van der Waals surface area contributed by atoms with Crippen LogP contribution < -0.4 is 26.0 Å². The minimum Gasteiger partial charge on any atom is -0.496 e. The highest BCUT2D eigenvalue weighted by molar-refractivity contribution is 6.00. The lowest BCUT2D eigenvalue weighted by Gasteiger charge is -2.35. The van der Waals surface area contributed by atoms with Crippen molar-refractivity contribution >= 4 is 23.6 Å². The van der Waals surface area contributed by atoms with Gasteiger partial charge < -0.3 is 30.7 Å². The molecule has 0 aromatic heterocycles. The molecule has 1 saturated carbocycles. The largest absolute Gasteiger partial charge is 0.496 e. The van der Waals surface area contributed by atoms with E-state index in [2.05, 4.69) is 21.3 Å². The number of carbonyl (C=O) groups is 4. The summed E-state index contributed by atoms with van der Waals surface area (Å²) < 4.78 is 11.3. The van der Waals surface area contributed by atoms with Crippen molar-refractivity contribution < 1.29 is 28.7 Å². The van der Waals surface area contributed by atoms with E-state index in [0.717, 1.165) is 30.4 Å². The average Bonchev–Trinajstić information content (AvgIpc) is 3.07. The van der Waals surface area contributed by atoms with Gasteiger partial charge in [-0.25, -0.2) is 0 Å². The van der Waals surface area contributed by atoms with Gasteiger partial charge in [0.15, 0.2) is 0 Å². The molecule has 1 fully saturated rings. The quantitative estimate of drug-likeness (QED) is 0.357. The Labute approximate surface area is 256 Å². The lowest BCUT2D eigenvalue weighted by molar-refractivity contribution is 0.00549. The molecule has 10 nitrogen and oxygen atoms in total. The Kier molecular flexibility index (Phi) is 9.91. The average molecular weight is 599 g/mol. The fourth-order valence-corrected chi connectivity index (χ4v) is 5.86. The maximum absolute atomic E-state index is 13.0. The highest BCUT2D eigenvalue weighted by atomic mass is 16.5. The second-order valence-corrected chi connectivity index (χ2v) is 11.3. The third kappa shape index (κ3) is 7.44. The fourth-order valence-electron chi connectivity index (χ4n) is 5.86. The normalized spacial score (nSPS) is 21.5. The van der Waals surface area contributed by atoms with E-state index in [9.17, 15) is 19.2 Å². The summed E-state index contributed by atoms with van der Waals surface area (Å²) >= 11 is 0. The van der Waals surface area contributed by atoms with Crippen molar-refractivity contribution in [1.82, 2.24) is 21.3 Å². The summed E-state index contributed by atoms with van der Waals surface area (Å²) in [4.78, 5) is 52.0. The van der Waals surface area contributed by atoms with E-state index < -0.39 is 0 Å². The molecular formula is C34H38N4O6. The summed E-state index contributed by atoms with van der Waals surface area (Å²) in [6.07, 6.45) is 2.40. The van der Waals surface area contributed by atoms with Crippen molar-refractivity contribution in [3.05, 3.63) is 100 Å². The second-order valence-electron chi connectivity index (χ2n) is 11.3. The van der Waals surface area contributed by atoms with Gasteiger partial charge in [0.05, 0.1) is 13.2 Å². The van der Waals surface area contributed by atoms with Crippen LogP contribution in [0.5, 0.6) is 5.75 Å². The van der Waals surface area contributed by atoms with Crippen molar-refractivity contribution in [3.63, 3.8) is 0 Å². The number of hydrogen-bond donors (Lipinski definition) is 4. The predicted molar refractivity (Wildman–Crippen MR) is 165 cm³/mol. The number of carbonyl (C=O) groups excluding carboxylic acids is 4. The molecule has 8 rings (SSSR count). The Balaban J connectivity index is 1.37. The third-order valence-corrected chi connectivity index (χ3v) is 8.43. The van der Waals surface area contributed by atoms with Crippen molar-refractivity contribution in [1.29, 1.82) is 0 Å². The molecule has 4 heterocycles. The van der Waals surface area contributed by atoms with E-state index in [0.29, 0.717) is 41.1 Å². The molecule has 3 aromatic carbocycles. The van der Waals surface area contributed by atoms with Crippen molar-refractivity contribution in [2.75, 3.05) is 27.3 Å². The van der Waals surface area contributed by atoms with E-state index in [1.54, 1.807) is 62.8 Å². The summed E-state index contributed by atoms with van der Waals surface area (Å²) in [5, 5.41) is 11.8. The first kappa shape index (κ1) is 30.7. The molecule has 230 valence electrons. The Hall–Kier alpha value is -4.70. The number of nitrogens with one attached hydrogen (secondary N) is 4. The molecular weight excluding hydrogens is 560 g/mol. The molecule has 0 saturated heterocycles. The summed E-state index contributed by atoms with van der Waals surface area (Å²) in [6, 6.07) is 18.8. The van der Waals surface area contributed by atoms with Crippen molar-refractivity contribution in [2.45, 2.75) is 38.5 Å². The van der Waals surface area contributed by atoms with E-state index in [1.807, 2.05) is 18.2 Å². The van der Waals surface area contributed by atoms with Gasteiger partial charge >= 0.3 is 0 Å². The minimum atomic E-state index is -0.310. The third-order valence-electron chi connectivity index (χ3n) is 8.43. The molecule has 4 N–H and O–H groups in total. The predicted octanol–water partition coefficient (Wildman–Crippen LogP) is 3.46. The van der Waals surface area contributed by atoms with Gasteiger partial charge in [0.1, 0.15) is 5.75 Å². The van der Waals surface area contributed by atoms with E-state index >= 15 is 0 Å². The van der Waals surface area contributed by atoms with Gasteiger partial charge in [-0.1, -0.05) is 24.3 Å². The maximum Gasteiger partial charge on any atom is 0.251 e. The molecule has 0 radical (unpaired) electrons. The number of hydrogen-bond acceptors (Lipinski definition) is 6. The highest BCUT2D eigenvalue weighted by Gasteiger charge is 2.31. The zero-order valence-electron chi connectivity index (χ0n) is 25.0. The van der Waals surface area contributed by atoms with E-state index in [-0.39, 0.29) is 54.7 Å². The van der Waals surface area contributed by atoms with Crippen LogP contribution in [0.4, 0.5) is 0 Å². The topological polar surface area (TPSA) is 135 Å². The van der Waals surface area contributed by atoms with Crippen LogP contribution in [0.1, 0.15) is 71.8 Å². The first-order valence-electron chi connectivity index (χ1n) is 14.9. The number of amides is 4. The summed E-state index contributed by atoms with van der Waals surface area (Å²) in [6.45, 7) is 1.38. The van der Waals surface area contributed by atoms with Gasteiger partial charge in [-0.05, 0) is 73.2 Å². The van der Waals surface area contributed by atoms with Gasteiger partial charge in [-0.15, -0.1) is 0 Å². The lowest BCUT2D eigenvalue weighted by atomic mass is 9.79. The number of methoxy groups -OCH3 is 2. The monoisotopic (exact) mass is 598 g/mol. The van der Waals surface area contributed by atoms with Crippen LogP contribution in [0.2, 0.25) is 0 Å². The van der Waals surface area contributed by atoms with Crippen LogP contribution >= 0.6 is 0 Å². The Morgan fingerprint density at radius 2 is 1.20 bits per heavy atom. The zero-order valence-corrected chi connectivity index (χ0v) is 25.0. The van der Waals surface area contributed by atoms with Gasteiger partial charge in [-0.3, -0.25) is 19.2 Å². The highest BCUT2D eigenvalue weighted by Crippen LogP contribution is 2.30. The van der Waals surface area contributed by atoms with Crippen LogP contribution in [0.15, 0.2) is 66.7 Å². The fraction of sp³-hybridized carbons (Fsp3) is 0.353. The first-order valence-corrected chi connectivity index (χ1v) is 14.9. The maximum atomic E-state index is 13.0. The van der Waals surface area contributed by atoms with Gasteiger partial charge in [0, 0.05) is 67.0 Å². The molecule has 4 aliphatic heterocycles. The number of rotatable bonds is 2. The molecule has 8 bridgehead atoms. The van der Waals surface area contributed by atoms with Crippen LogP contribution in [-0.4, -0.2) is 57.0 Å². The van der Waals surface area contributed by atoms with Gasteiger partial charge in [0.25, 0.3) is 23.6 Å². The molecule has 3 aromatic rings.